The molecule has 0 radical (unpaired) electrons. The molecule has 0 saturated carbocycles. The Morgan fingerprint density at radius 1 is 1.60 bits per heavy atom. The summed E-state index contributed by atoms with van der Waals surface area (Å²) in [5, 5.41) is 2.99. The number of nitrogens with zero attached hydrogens (tertiary/aromatic N) is 2. The smallest absolute Gasteiger partial charge is 0.246 e. The van der Waals surface area contributed by atoms with Gasteiger partial charge in [0, 0.05) is 19.4 Å². The van der Waals surface area contributed by atoms with Gasteiger partial charge in [-0.05, 0) is 42.5 Å². The van der Waals surface area contributed by atoms with Gasteiger partial charge in [-0.15, -0.1) is 0 Å². The summed E-state index contributed by atoms with van der Waals surface area (Å²) in [6.45, 7) is 3.45. The number of carbonyl (C=O) groups excluding carboxylic acids is 2. The normalized spacial score (nSPS) is 16.9. The van der Waals surface area contributed by atoms with Crippen LogP contribution in [-0.4, -0.2) is 35.3 Å². The van der Waals surface area contributed by atoms with Crippen LogP contribution in [0.5, 0.6) is 0 Å². The number of pyridine rings is 1. The largest absolute Gasteiger partial charge is 0.348 e. The molecule has 5 nitrogen and oxygen atoms in total. The molecule has 106 valence electrons. The molecule has 1 N–H and O–H groups in total. The Hall–Kier alpha value is -2.17. The van der Waals surface area contributed by atoms with E-state index in [0.29, 0.717) is 0 Å². The van der Waals surface area contributed by atoms with Crippen molar-refractivity contribution in [3.8, 4) is 0 Å². The van der Waals surface area contributed by atoms with E-state index < -0.39 is 0 Å². The molecule has 1 heterocycles. The molecule has 0 aliphatic heterocycles. The quantitative estimate of drug-likeness (QED) is 0.839. The monoisotopic (exact) mass is 273 g/mol. The standard InChI is InChI=1S/C15H19N3O2/c1-3-15(20)18(2)10-14(19)17-13-6-4-5-11-9-16-8-7-12(11)13/h3,7-9,13H,1,4-6,10H2,2H3,(H,17,19). The number of aromatic nitrogens is 1. The minimum atomic E-state index is -0.256. The van der Waals surface area contributed by atoms with Gasteiger partial charge in [-0.1, -0.05) is 6.58 Å². The van der Waals surface area contributed by atoms with E-state index in [2.05, 4.69) is 16.9 Å². The number of likely N-dealkylation sites (N-methyl/N-ethyl adjacent to an activating group) is 1. The lowest BCUT2D eigenvalue weighted by Gasteiger charge is -2.26. The Balaban J connectivity index is 1.99. The van der Waals surface area contributed by atoms with E-state index in [9.17, 15) is 9.59 Å². The minimum Gasteiger partial charge on any atom is -0.348 e. The van der Waals surface area contributed by atoms with Gasteiger partial charge in [-0.2, -0.15) is 0 Å². The molecule has 20 heavy (non-hydrogen) atoms. The van der Waals surface area contributed by atoms with Crippen molar-refractivity contribution in [3.63, 3.8) is 0 Å². The molecule has 0 spiro atoms. The molecular weight excluding hydrogens is 254 g/mol. The summed E-state index contributed by atoms with van der Waals surface area (Å²) >= 11 is 0. The van der Waals surface area contributed by atoms with E-state index in [-0.39, 0.29) is 24.4 Å². The summed E-state index contributed by atoms with van der Waals surface area (Å²) in [6, 6.07) is 1.97. The molecule has 1 unspecified atom stereocenters. The summed E-state index contributed by atoms with van der Waals surface area (Å²) < 4.78 is 0. The zero-order valence-electron chi connectivity index (χ0n) is 11.6. The molecule has 1 aromatic heterocycles. The average Bonchev–Trinajstić information content (AvgIpc) is 2.46. The van der Waals surface area contributed by atoms with Gasteiger partial charge in [0.15, 0.2) is 0 Å². The summed E-state index contributed by atoms with van der Waals surface area (Å²) in [5.41, 5.74) is 2.33. The first-order chi connectivity index (χ1) is 9.61. The van der Waals surface area contributed by atoms with E-state index in [1.165, 1.54) is 16.5 Å². The first kappa shape index (κ1) is 14.2. The first-order valence-corrected chi connectivity index (χ1v) is 6.71. The molecule has 0 bridgehead atoms. The predicted octanol–water partition coefficient (Wildman–Crippen LogP) is 1.22. The summed E-state index contributed by atoms with van der Waals surface area (Å²) in [5.74, 6) is -0.411. The number of aryl methyl sites for hydroxylation is 1. The molecule has 0 saturated heterocycles. The second-order valence-electron chi connectivity index (χ2n) is 4.99. The van der Waals surface area contributed by atoms with Gasteiger partial charge >= 0.3 is 0 Å². The molecule has 1 atom stereocenters. The first-order valence-electron chi connectivity index (χ1n) is 6.71. The highest BCUT2D eigenvalue weighted by molar-refractivity contribution is 5.90. The fourth-order valence-electron chi connectivity index (χ4n) is 2.48. The van der Waals surface area contributed by atoms with Crippen molar-refractivity contribution in [2.24, 2.45) is 0 Å². The Morgan fingerprint density at radius 2 is 2.40 bits per heavy atom. The maximum atomic E-state index is 12.0. The number of nitrogens with one attached hydrogen (secondary N) is 1. The highest BCUT2D eigenvalue weighted by Gasteiger charge is 2.22. The van der Waals surface area contributed by atoms with Crippen molar-refractivity contribution in [2.45, 2.75) is 25.3 Å². The lowest BCUT2D eigenvalue weighted by molar-refractivity contribution is -0.131. The van der Waals surface area contributed by atoms with E-state index in [1.807, 2.05) is 12.3 Å². The molecule has 5 heteroatoms. The number of hydrogen-bond acceptors (Lipinski definition) is 3. The third-order valence-electron chi connectivity index (χ3n) is 3.52. The summed E-state index contributed by atoms with van der Waals surface area (Å²) in [4.78, 5) is 28.8. The number of rotatable bonds is 4. The van der Waals surface area contributed by atoms with Gasteiger partial charge in [0.1, 0.15) is 0 Å². The topological polar surface area (TPSA) is 62.3 Å². The van der Waals surface area contributed by atoms with Crippen molar-refractivity contribution in [2.75, 3.05) is 13.6 Å². The van der Waals surface area contributed by atoms with E-state index in [0.717, 1.165) is 24.8 Å². The fraction of sp³-hybridized carbons (Fsp3) is 0.400. The van der Waals surface area contributed by atoms with Crippen molar-refractivity contribution in [1.82, 2.24) is 15.2 Å². The molecule has 1 aromatic rings. The summed E-state index contributed by atoms with van der Waals surface area (Å²) in [7, 11) is 1.59. The average molecular weight is 273 g/mol. The number of amides is 2. The van der Waals surface area contributed by atoms with Gasteiger partial charge < -0.3 is 10.2 Å². The third-order valence-corrected chi connectivity index (χ3v) is 3.52. The molecule has 0 aromatic carbocycles. The molecular formula is C15H19N3O2. The van der Waals surface area contributed by atoms with Crippen LogP contribution in [0.1, 0.15) is 30.0 Å². The van der Waals surface area contributed by atoms with Crippen molar-refractivity contribution in [1.29, 1.82) is 0 Å². The molecule has 2 rings (SSSR count). The maximum absolute atomic E-state index is 12.0. The highest BCUT2D eigenvalue weighted by atomic mass is 16.2. The maximum Gasteiger partial charge on any atom is 0.246 e. The highest BCUT2D eigenvalue weighted by Crippen LogP contribution is 2.28. The Labute approximate surface area is 118 Å². The number of hydrogen-bond donors (Lipinski definition) is 1. The third kappa shape index (κ3) is 3.23. The van der Waals surface area contributed by atoms with Crippen molar-refractivity contribution in [3.05, 3.63) is 42.2 Å². The Morgan fingerprint density at radius 3 is 3.15 bits per heavy atom. The van der Waals surface area contributed by atoms with Crippen LogP contribution in [0.3, 0.4) is 0 Å². The van der Waals surface area contributed by atoms with E-state index in [1.54, 1.807) is 13.2 Å². The number of fused-ring (bicyclic) bond motifs is 1. The van der Waals surface area contributed by atoms with Gasteiger partial charge in [0.25, 0.3) is 0 Å². The van der Waals surface area contributed by atoms with Crippen LogP contribution in [0.4, 0.5) is 0 Å². The van der Waals surface area contributed by atoms with Crippen LogP contribution in [-0.2, 0) is 16.0 Å². The van der Waals surface area contributed by atoms with Crippen LogP contribution >= 0.6 is 0 Å². The predicted molar refractivity (Wildman–Crippen MR) is 75.9 cm³/mol. The Bertz CT molecular complexity index is 528. The van der Waals surface area contributed by atoms with Crippen molar-refractivity contribution < 1.29 is 9.59 Å². The van der Waals surface area contributed by atoms with Crippen LogP contribution in [0.25, 0.3) is 0 Å². The zero-order valence-corrected chi connectivity index (χ0v) is 11.6. The lowest BCUT2D eigenvalue weighted by Crippen LogP contribution is -2.40. The van der Waals surface area contributed by atoms with Crippen LogP contribution in [0, 0.1) is 0 Å². The molecule has 1 aliphatic carbocycles. The molecule has 2 amide bonds. The molecule has 1 aliphatic rings. The number of carbonyl (C=O) groups is 2. The van der Waals surface area contributed by atoms with E-state index >= 15 is 0 Å². The molecule has 0 fully saturated rings. The van der Waals surface area contributed by atoms with Crippen LogP contribution in [0.15, 0.2) is 31.1 Å². The second-order valence-corrected chi connectivity index (χ2v) is 4.99. The minimum absolute atomic E-state index is 0.0153. The fourth-order valence-corrected chi connectivity index (χ4v) is 2.48. The summed E-state index contributed by atoms with van der Waals surface area (Å²) in [6.07, 6.45) is 7.77. The van der Waals surface area contributed by atoms with Gasteiger partial charge in [-0.25, -0.2) is 0 Å². The second kappa shape index (κ2) is 6.32. The van der Waals surface area contributed by atoms with Crippen LogP contribution < -0.4 is 5.32 Å². The van der Waals surface area contributed by atoms with Gasteiger partial charge in [-0.3, -0.25) is 14.6 Å². The van der Waals surface area contributed by atoms with Crippen LogP contribution in [0.2, 0.25) is 0 Å². The lowest BCUT2D eigenvalue weighted by atomic mass is 9.89. The Kier molecular flexibility index (Phi) is 4.50. The van der Waals surface area contributed by atoms with Crippen molar-refractivity contribution >= 4 is 11.8 Å². The van der Waals surface area contributed by atoms with E-state index in [4.69, 9.17) is 0 Å². The van der Waals surface area contributed by atoms with Gasteiger partial charge in [0.05, 0.1) is 12.6 Å². The van der Waals surface area contributed by atoms with Gasteiger partial charge in [0.2, 0.25) is 11.8 Å². The zero-order chi connectivity index (χ0) is 14.5. The SMILES string of the molecule is C=CC(=O)N(C)CC(=O)NC1CCCc2cnccc21.